The van der Waals surface area contributed by atoms with Crippen molar-refractivity contribution < 1.29 is 14.3 Å². The molecule has 4 rings (SSSR count). The number of ketones is 1. The van der Waals surface area contributed by atoms with E-state index < -0.39 is 0 Å². The average molecular weight is 494 g/mol. The second-order valence-electron chi connectivity index (χ2n) is 7.72. The molecule has 0 aliphatic rings. The Morgan fingerprint density at radius 2 is 1.82 bits per heavy atom. The summed E-state index contributed by atoms with van der Waals surface area (Å²) in [7, 11) is 3.11. The van der Waals surface area contributed by atoms with Crippen molar-refractivity contribution in [2.24, 2.45) is 0 Å². The second kappa shape index (κ2) is 10.3. The van der Waals surface area contributed by atoms with Gasteiger partial charge < -0.3 is 9.47 Å². The van der Waals surface area contributed by atoms with Gasteiger partial charge in [-0.25, -0.2) is 0 Å². The van der Waals surface area contributed by atoms with E-state index in [4.69, 9.17) is 21.1 Å². The van der Waals surface area contributed by atoms with E-state index in [1.807, 2.05) is 42.7 Å². The van der Waals surface area contributed by atoms with Crippen LogP contribution in [0.1, 0.15) is 21.5 Å². The first-order valence-electron chi connectivity index (χ1n) is 10.6. The van der Waals surface area contributed by atoms with Gasteiger partial charge in [-0.3, -0.25) is 9.36 Å². The van der Waals surface area contributed by atoms with Crippen molar-refractivity contribution >= 4 is 29.1 Å². The molecular formula is C26H24ClN3O3S. The number of rotatable bonds is 8. The fourth-order valence-corrected chi connectivity index (χ4v) is 4.61. The molecule has 0 N–H and O–H groups in total. The summed E-state index contributed by atoms with van der Waals surface area (Å²) < 4.78 is 12.6. The van der Waals surface area contributed by atoms with Crippen molar-refractivity contribution in [1.82, 2.24) is 14.8 Å². The minimum atomic E-state index is -0.0967. The number of methoxy groups -OCH3 is 2. The van der Waals surface area contributed by atoms with Crippen molar-refractivity contribution in [1.29, 1.82) is 0 Å². The number of hydrogen-bond acceptors (Lipinski definition) is 6. The summed E-state index contributed by atoms with van der Waals surface area (Å²) in [4.78, 5) is 13.1. The molecule has 0 fully saturated rings. The van der Waals surface area contributed by atoms with E-state index in [0.717, 1.165) is 22.4 Å². The van der Waals surface area contributed by atoms with E-state index in [0.29, 0.717) is 33.1 Å². The minimum Gasteiger partial charge on any atom is -0.497 e. The molecule has 6 nitrogen and oxygen atoms in total. The number of nitrogens with zero attached hydrogens (tertiary/aromatic N) is 3. The van der Waals surface area contributed by atoms with E-state index in [1.54, 1.807) is 32.4 Å². The van der Waals surface area contributed by atoms with Crippen molar-refractivity contribution in [2.45, 2.75) is 19.0 Å². The lowest BCUT2D eigenvalue weighted by Gasteiger charge is -2.14. The Morgan fingerprint density at radius 3 is 2.56 bits per heavy atom. The van der Waals surface area contributed by atoms with Gasteiger partial charge in [-0.2, -0.15) is 0 Å². The third kappa shape index (κ3) is 4.95. The summed E-state index contributed by atoms with van der Waals surface area (Å²) in [5.41, 5.74) is 4.43. The molecule has 174 valence electrons. The van der Waals surface area contributed by atoms with Crippen molar-refractivity contribution in [2.75, 3.05) is 20.0 Å². The minimum absolute atomic E-state index is 0.0967. The Balaban J connectivity index is 1.73. The molecule has 0 bridgehead atoms. The molecule has 0 radical (unpaired) electrons. The molecule has 0 saturated carbocycles. The Morgan fingerprint density at radius 1 is 1.00 bits per heavy atom. The monoisotopic (exact) mass is 493 g/mol. The number of aromatic nitrogens is 3. The zero-order chi connectivity index (χ0) is 24.2. The normalized spacial score (nSPS) is 10.9. The van der Waals surface area contributed by atoms with Crippen LogP contribution < -0.4 is 9.47 Å². The summed E-state index contributed by atoms with van der Waals surface area (Å²) in [6, 6.07) is 18.9. The van der Waals surface area contributed by atoms with Crippen LogP contribution in [-0.4, -0.2) is 40.5 Å². The second-order valence-corrected chi connectivity index (χ2v) is 9.10. The fourth-order valence-electron chi connectivity index (χ4n) is 3.60. The number of ether oxygens (including phenoxy) is 2. The zero-order valence-electron chi connectivity index (χ0n) is 19.3. The van der Waals surface area contributed by atoms with Gasteiger partial charge in [-0.15, -0.1) is 10.2 Å². The predicted octanol–water partition coefficient (Wildman–Crippen LogP) is 6.20. The number of benzene rings is 3. The van der Waals surface area contributed by atoms with Gasteiger partial charge in [0.05, 0.1) is 31.2 Å². The third-order valence-electron chi connectivity index (χ3n) is 5.36. The first-order chi connectivity index (χ1) is 16.4. The Labute approximate surface area is 207 Å². The van der Waals surface area contributed by atoms with Crippen LogP contribution in [0.3, 0.4) is 0 Å². The molecule has 0 amide bonds. The Bertz CT molecular complexity index is 1350. The third-order valence-corrected chi connectivity index (χ3v) is 6.53. The lowest BCUT2D eigenvalue weighted by atomic mass is 10.1. The number of carbonyl (C=O) groups excluding carboxylic acids is 1. The average Bonchev–Trinajstić information content (AvgIpc) is 3.27. The molecule has 4 aromatic rings. The highest BCUT2D eigenvalue weighted by molar-refractivity contribution is 7.99. The maximum Gasteiger partial charge on any atom is 0.196 e. The number of carbonyl (C=O) groups is 1. The molecule has 0 saturated heterocycles. The van der Waals surface area contributed by atoms with E-state index in [1.165, 1.54) is 11.8 Å². The molecule has 1 heterocycles. The van der Waals surface area contributed by atoms with Crippen molar-refractivity contribution in [3.05, 3.63) is 82.4 Å². The largest absolute Gasteiger partial charge is 0.497 e. The highest BCUT2D eigenvalue weighted by Crippen LogP contribution is 2.32. The predicted molar refractivity (Wildman–Crippen MR) is 136 cm³/mol. The fraction of sp³-hybridized carbons (Fsp3) is 0.192. The Kier molecular flexibility index (Phi) is 7.24. The maximum absolute atomic E-state index is 13.1. The molecule has 0 aliphatic carbocycles. The van der Waals surface area contributed by atoms with Gasteiger partial charge >= 0.3 is 0 Å². The number of thioether (sulfide) groups is 1. The molecule has 3 aromatic carbocycles. The van der Waals surface area contributed by atoms with Gasteiger partial charge in [0.15, 0.2) is 16.8 Å². The summed E-state index contributed by atoms with van der Waals surface area (Å²) >= 11 is 7.57. The van der Waals surface area contributed by atoms with Gasteiger partial charge in [0.2, 0.25) is 0 Å². The van der Waals surface area contributed by atoms with Gasteiger partial charge in [-0.1, -0.05) is 47.6 Å². The van der Waals surface area contributed by atoms with Gasteiger partial charge in [0.1, 0.15) is 11.5 Å². The molecule has 0 unspecified atom stereocenters. The molecule has 0 aliphatic heterocycles. The quantitative estimate of drug-likeness (QED) is 0.215. The van der Waals surface area contributed by atoms with Gasteiger partial charge in [0.25, 0.3) is 0 Å². The Hall–Kier alpha value is -3.29. The van der Waals surface area contributed by atoms with Crippen LogP contribution in [0.2, 0.25) is 5.02 Å². The van der Waals surface area contributed by atoms with E-state index in [-0.39, 0.29) is 11.5 Å². The van der Waals surface area contributed by atoms with E-state index in [9.17, 15) is 4.79 Å². The summed E-state index contributed by atoms with van der Waals surface area (Å²) in [5, 5.41) is 10.1. The van der Waals surface area contributed by atoms with Crippen LogP contribution in [0.4, 0.5) is 0 Å². The smallest absolute Gasteiger partial charge is 0.196 e. The van der Waals surface area contributed by atoms with Crippen LogP contribution >= 0.6 is 23.4 Å². The first kappa shape index (κ1) is 23.9. The van der Waals surface area contributed by atoms with Crippen LogP contribution in [0.5, 0.6) is 11.5 Å². The molecule has 34 heavy (non-hydrogen) atoms. The van der Waals surface area contributed by atoms with Crippen molar-refractivity contribution in [3.63, 3.8) is 0 Å². The first-order valence-corrected chi connectivity index (χ1v) is 11.9. The molecular weight excluding hydrogens is 470 g/mol. The summed E-state index contributed by atoms with van der Waals surface area (Å²) in [5.74, 6) is 1.81. The zero-order valence-corrected chi connectivity index (χ0v) is 20.9. The summed E-state index contributed by atoms with van der Waals surface area (Å²) in [6.07, 6.45) is 0. The van der Waals surface area contributed by atoms with Crippen LogP contribution in [0, 0.1) is 13.8 Å². The van der Waals surface area contributed by atoms with Crippen LogP contribution in [0.25, 0.3) is 17.1 Å². The van der Waals surface area contributed by atoms with Gasteiger partial charge in [-0.05, 0) is 61.4 Å². The highest BCUT2D eigenvalue weighted by atomic mass is 35.5. The maximum atomic E-state index is 13.1. The summed E-state index contributed by atoms with van der Waals surface area (Å²) in [6.45, 7) is 4.08. The number of Topliss-reactive ketones (excluding diaryl/α,β-unsaturated/α-hetero) is 1. The lowest BCUT2D eigenvalue weighted by Crippen LogP contribution is -2.07. The molecule has 0 spiro atoms. The highest BCUT2D eigenvalue weighted by Gasteiger charge is 2.21. The van der Waals surface area contributed by atoms with Crippen LogP contribution in [0.15, 0.2) is 65.8 Å². The lowest BCUT2D eigenvalue weighted by molar-refractivity contribution is 0.101. The van der Waals surface area contributed by atoms with E-state index in [2.05, 4.69) is 28.4 Å². The topological polar surface area (TPSA) is 66.2 Å². The SMILES string of the molecule is COc1ccc(OC)c(C(=O)CSc2nnc(-c3cccc(Cl)c3)n2-c2cc(C)ccc2C)c1. The van der Waals surface area contributed by atoms with Crippen LogP contribution in [-0.2, 0) is 0 Å². The molecule has 0 atom stereocenters. The van der Waals surface area contributed by atoms with E-state index >= 15 is 0 Å². The number of hydrogen-bond donors (Lipinski definition) is 0. The van der Waals surface area contributed by atoms with Gasteiger partial charge in [0, 0.05) is 10.6 Å². The number of aryl methyl sites for hydroxylation is 2. The molecule has 8 heteroatoms. The molecule has 1 aromatic heterocycles. The number of halogens is 1. The van der Waals surface area contributed by atoms with Crippen molar-refractivity contribution in [3.8, 4) is 28.6 Å². The standard InChI is InChI=1S/C26H24ClN3O3S/c1-16-8-9-17(2)22(12-16)30-25(18-6-5-7-19(27)13-18)28-29-26(30)34-15-23(31)21-14-20(32-3)10-11-24(21)33-4/h5-14H,15H2,1-4H3.